The minimum atomic E-state index is -4.70. The van der Waals surface area contributed by atoms with Gasteiger partial charge in [-0.15, -0.1) is 0 Å². The Hall–Kier alpha value is -1.26. The van der Waals surface area contributed by atoms with E-state index in [9.17, 15) is 17.6 Å². The number of alkyl halides is 3. The van der Waals surface area contributed by atoms with Crippen LogP contribution < -0.4 is 4.74 Å². The van der Waals surface area contributed by atoms with E-state index in [1.807, 2.05) is 0 Å². The van der Waals surface area contributed by atoms with Gasteiger partial charge in [-0.2, -0.15) is 13.2 Å². The first-order valence-electron chi connectivity index (χ1n) is 9.74. The number of methoxy groups -OCH3 is 1. The maximum absolute atomic E-state index is 14.3. The average Bonchev–Trinajstić information content (AvgIpc) is 2.61. The molecular weight excluding hydrogens is 344 g/mol. The normalized spacial score (nSPS) is 30.2. The largest absolute Gasteiger partial charge is 0.494 e. The van der Waals surface area contributed by atoms with Gasteiger partial charge in [0.1, 0.15) is 0 Å². The summed E-state index contributed by atoms with van der Waals surface area (Å²) in [7, 11) is 1.19. The molecule has 0 N–H and O–H groups in total. The van der Waals surface area contributed by atoms with Gasteiger partial charge >= 0.3 is 6.18 Å². The lowest BCUT2D eigenvalue weighted by Crippen LogP contribution is -2.25. The van der Waals surface area contributed by atoms with Crippen molar-refractivity contribution in [2.24, 2.45) is 17.8 Å². The lowest BCUT2D eigenvalue weighted by atomic mass is 9.68. The highest BCUT2D eigenvalue weighted by Crippen LogP contribution is 2.47. The molecule has 0 radical (unpaired) electrons. The van der Waals surface area contributed by atoms with Crippen molar-refractivity contribution in [2.45, 2.75) is 70.4 Å². The Morgan fingerprint density at radius 3 is 1.92 bits per heavy atom. The van der Waals surface area contributed by atoms with Crippen LogP contribution in [-0.2, 0) is 6.18 Å². The Labute approximate surface area is 153 Å². The number of hydrogen-bond acceptors (Lipinski definition) is 1. The van der Waals surface area contributed by atoms with Crippen LogP contribution in [0.2, 0.25) is 0 Å². The van der Waals surface area contributed by atoms with E-state index in [1.54, 1.807) is 0 Å². The molecule has 0 amide bonds. The SMILES string of the molecule is COc1ccc(C2CCC(C3CCC(C)CC3)CC2)c(C(F)(F)F)c1F. The topological polar surface area (TPSA) is 9.23 Å². The molecule has 2 fully saturated rings. The number of ether oxygens (including phenoxy) is 1. The maximum Gasteiger partial charge on any atom is 0.419 e. The fourth-order valence-electron chi connectivity index (χ4n) is 5.02. The van der Waals surface area contributed by atoms with Crippen molar-refractivity contribution < 1.29 is 22.3 Å². The van der Waals surface area contributed by atoms with Crippen LogP contribution in [-0.4, -0.2) is 7.11 Å². The number of hydrogen-bond donors (Lipinski definition) is 0. The van der Waals surface area contributed by atoms with Gasteiger partial charge in [0.15, 0.2) is 11.6 Å². The van der Waals surface area contributed by atoms with E-state index in [0.717, 1.165) is 24.7 Å². The lowest BCUT2D eigenvalue weighted by Gasteiger charge is -2.37. The third-order valence-electron chi connectivity index (χ3n) is 6.58. The number of rotatable bonds is 3. The Balaban J connectivity index is 1.74. The summed E-state index contributed by atoms with van der Waals surface area (Å²) in [6, 6.07) is 2.74. The minimum Gasteiger partial charge on any atom is -0.494 e. The van der Waals surface area contributed by atoms with E-state index < -0.39 is 17.6 Å². The molecule has 0 spiro atoms. The number of halogens is 4. The van der Waals surface area contributed by atoms with Crippen molar-refractivity contribution in [2.75, 3.05) is 7.11 Å². The summed E-state index contributed by atoms with van der Waals surface area (Å²) in [5, 5.41) is 0. The van der Waals surface area contributed by atoms with Crippen molar-refractivity contribution >= 4 is 0 Å². The van der Waals surface area contributed by atoms with Gasteiger partial charge in [-0.25, -0.2) is 4.39 Å². The van der Waals surface area contributed by atoms with E-state index in [-0.39, 0.29) is 17.2 Å². The third kappa shape index (κ3) is 4.01. The highest BCUT2D eigenvalue weighted by atomic mass is 19.4. The first-order valence-corrected chi connectivity index (χ1v) is 9.74. The molecule has 0 heterocycles. The summed E-state index contributed by atoms with van der Waals surface area (Å²) in [4.78, 5) is 0. The van der Waals surface area contributed by atoms with Crippen LogP contribution in [0.4, 0.5) is 17.6 Å². The molecule has 1 nitrogen and oxygen atoms in total. The molecule has 0 saturated heterocycles. The van der Waals surface area contributed by atoms with Crippen LogP contribution in [0.25, 0.3) is 0 Å². The molecule has 0 aromatic heterocycles. The van der Waals surface area contributed by atoms with Crippen LogP contribution in [0.1, 0.15) is 75.3 Å². The van der Waals surface area contributed by atoms with Crippen LogP contribution in [0.3, 0.4) is 0 Å². The zero-order valence-corrected chi connectivity index (χ0v) is 15.5. The molecule has 2 aliphatic carbocycles. The molecule has 146 valence electrons. The molecule has 5 heteroatoms. The second kappa shape index (κ2) is 7.77. The van der Waals surface area contributed by atoms with Gasteiger partial charge in [-0.3, -0.25) is 0 Å². The summed E-state index contributed by atoms with van der Waals surface area (Å²) in [5.74, 6) is 0.315. The number of benzene rings is 1. The summed E-state index contributed by atoms with van der Waals surface area (Å²) in [6.45, 7) is 2.30. The Morgan fingerprint density at radius 2 is 1.42 bits per heavy atom. The van der Waals surface area contributed by atoms with Crippen LogP contribution in [0, 0.1) is 23.6 Å². The Kier molecular flexibility index (Phi) is 5.83. The van der Waals surface area contributed by atoms with E-state index in [1.165, 1.54) is 44.9 Å². The molecule has 0 atom stereocenters. The predicted molar refractivity (Wildman–Crippen MR) is 93.8 cm³/mol. The second-order valence-electron chi connectivity index (χ2n) is 8.18. The molecule has 2 aliphatic rings. The van der Waals surface area contributed by atoms with E-state index in [2.05, 4.69) is 6.92 Å². The lowest BCUT2D eigenvalue weighted by molar-refractivity contribution is -0.141. The van der Waals surface area contributed by atoms with Gasteiger partial charge in [0.25, 0.3) is 0 Å². The predicted octanol–water partition coefficient (Wildman–Crippen LogP) is 6.95. The van der Waals surface area contributed by atoms with Crippen molar-refractivity contribution in [1.82, 2.24) is 0 Å². The maximum atomic E-state index is 14.3. The van der Waals surface area contributed by atoms with Crippen molar-refractivity contribution in [3.63, 3.8) is 0 Å². The van der Waals surface area contributed by atoms with E-state index in [0.29, 0.717) is 18.8 Å². The summed E-state index contributed by atoms with van der Waals surface area (Å²) in [6.07, 6.45) is 3.67. The monoisotopic (exact) mass is 372 g/mol. The summed E-state index contributed by atoms with van der Waals surface area (Å²) >= 11 is 0. The summed E-state index contributed by atoms with van der Waals surface area (Å²) < 4.78 is 59.6. The fraction of sp³-hybridized carbons (Fsp3) is 0.714. The molecule has 3 rings (SSSR count). The van der Waals surface area contributed by atoms with Crippen LogP contribution in [0.5, 0.6) is 5.75 Å². The molecule has 0 aliphatic heterocycles. The summed E-state index contributed by atoms with van der Waals surface area (Å²) in [5.41, 5.74) is -1.03. The fourth-order valence-corrected chi connectivity index (χ4v) is 5.02. The molecule has 0 unspecified atom stereocenters. The smallest absolute Gasteiger partial charge is 0.419 e. The highest BCUT2D eigenvalue weighted by molar-refractivity contribution is 5.41. The van der Waals surface area contributed by atoms with Gasteiger partial charge < -0.3 is 4.74 Å². The van der Waals surface area contributed by atoms with Gasteiger partial charge in [0, 0.05) is 0 Å². The van der Waals surface area contributed by atoms with E-state index >= 15 is 0 Å². The Bertz CT molecular complexity index is 609. The molecule has 2 saturated carbocycles. The zero-order chi connectivity index (χ0) is 18.9. The quantitative estimate of drug-likeness (QED) is 0.522. The average molecular weight is 372 g/mol. The van der Waals surface area contributed by atoms with Gasteiger partial charge in [0.05, 0.1) is 12.7 Å². The van der Waals surface area contributed by atoms with Crippen molar-refractivity contribution in [3.05, 3.63) is 29.1 Å². The second-order valence-corrected chi connectivity index (χ2v) is 8.18. The molecular formula is C21H28F4O. The third-order valence-corrected chi connectivity index (χ3v) is 6.58. The molecule has 1 aromatic rings. The van der Waals surface area contributed by atoms with Gasteiger partial charge in [-0.1, -0.05) is 25.8 Å². The standard InChI is InChI=1S/C21H28F4O/c1-13-3-5-14(6-4-13)15-7-9-16(10-8-15)17-11-12-18(26-2)20(22)19(17)21(23,24)25/h11-16H,3-10H2,1-2H3. The first kappa shape index (κ1) is 19.5. The molecule has 0 bridgehead atoms. The molecule has 1 aromatic carbocycles. The van der Waals surface area contributed by atoms with Gasteiger partial charge in [0.2, 0.25) is 0 Å². The first-order chi connectivity index (χ1) is 12.3. The molecule has 26 heavy (non-hydrogen) atoms. The van der Waals surface area contributed by atoms with Crippen LogP contribution >= 0.6 is 0 Å². The minimum absolute atomic E-state index is 0.103. The van der Waals surface area contributed by atoms with Crippen LogP contribution in [0.15, 0.2) is 12.1 Å². The van der Waals surface area contributed by atoms with E-state index in [4.69, 9.17) is 4.74 Å². The zero-order valence-electron chi connectivity index (χ0n) is 15.5. The Morgan fingerprint density at radius 1 is 0.885 bits per heavy atom. The van der Waals surface area contributed by atoms with Crippen molar-refractivity contribution in [3.8, 4) is 5.75 Å². The van der Waals surface area contributed by atoms with Crippen molar-refractivity contribution in [1.29, 1.82) is 0 Å². The van der Waals surface area contributed by atoms with Gasteiger partial charge in [-0.05, 0) is 73.8 Å². The highest BCUT2D eigenvalue weighted by Gasteiger charge is 2.41.